The number of rotatable bonds is 1. The molecule has 0 aromatic rings. The topological polar surface area (TPSA) is 32.8 Å². The molecule has 3 heteroatoms. The highest BCUT2D eigenvalue weighted by molar-refractivity contribution is 5.85. The van der Waals surface area contributed by atoms with Gasteiger partial charge in [0.15, 0.2) is 0 Å². The van der Waals surface area contributed by atoms with E-state index in [-0.39, 0.29) is 11.0 Å². The van der Waals surface area contributed by atoms with Crippen LogP contribution in [0.5, 0.6) is 0 Å². The summed E-state index contributed by atoms with van der Waals surface area (Å²) in [7, 11) is 0. The molecule has 3 aliphatic rings. The molecule has 1 aliphatic carbocycles. The van der Waals surface area contributed by atoms with Crippen molar-refractivity contribution in [1.82, 2.24) is 4.90 Å². The lowest BCUT2D eigenvalue weighted by Gasteiger charge is -2.32. The maximum absolute atomic E-state index is 12.0. The Morgan fingerprint density at radius 3 is 2.21 bits per heavy atom. The number of ether oxygens (including phenoxy) is 1. The number of hydrogen-bond donors (Lipinski definition) is 0. The first-order valence-corrected chi connectivity index (χ1v) is 5.57. The molecule has 3 nitrogen and oxygen atoms in total. The van der Waals surface area contributed by atoms with E-state index in [1.165, 1.54) is 0 Å². The molecule has 78 valence electrons. The lowest BCUT2D eigenvalue weighted by atomic mass is 9.96. The van der Waals surface area contributed by atoms with Gasteiger partial charge in [0, 0.05) is 18.5 Å². The summed E-state index contributed by atoms with van der Waals surface area (Å²) in [6, 6.07) is 0. The van der Waals surface area contributed by atoms with Crippen molar-refractivity contribution in [2.45, 2.75) is 38.2 Å². The predicted octanol–water partition coefficient (Wildman–Crippen LogP) is 1.18. The van der Waals surface area contributed by atoms with Crippen molar-refractivity contribution in [3.63, 3.8) is 0 Å². The van der Waals surface area contributed by atoms with Crippen LogP contribution < -0.4 is 0 Å². The fraction of sp³-hybridized carbons (Fsp3) is 0.909. The van der Waals surface area contributed by atoms with Crippen LogP contribution in [0.25, 0.3) is 0 Å². The maximum atomic E-state index is 12.0. The summed E-state index contributed by atoms with van der Waals surface area (Å²) >= 11 is 0. The van der Waals surface area contributed by atoms with Gasteiger partial charge in [-0.05, 0) is 25.7 Å². The van der Waals surface area contributed by atoms with Crippen molar-refractivity contribution in [3.05, 3.63) is 0 Å². The average Bonchev–Trinajstić information content (AvgIpc) is 3.08. The van der Waals surface area contributed by atoms with Crippen LogP contribution in [0.15, 0.2) is 0 Å². The molecule has 2 aliphatic heterocycles. The van der Waals surface area contributed by atoms with E-state index in [2.05, 4.69) is 6.92 Å². The molecule has 3 fully saturated rings. The summed E-state index contributed by atoms with van der Waals surface area (Å²) in [5, 5.41) is 0. The Morgan fingerprint density at radius 1 is 1.21 bits per heavy atom. The van der Waals surface area contributed by atoms with Crippen LogP contribution in [0, 0.1) is 5.41 Å². The minimum Gasteiger partial charge on any atom is -0.369 e. The van der Waals surface area contributed by atoms with E-state index in [0.717, 1.165) is 45.4 Å². The third kappa shape index (κ3) is 1.26. The molecule has 14 heavy (non-hydrogen) atoms. The summed E-state index contributed by atoms with van der Waals surface area (Å²) in [6.45, 7) is 4.84. The van der Waals surface area contributed by atoms with E-state index in [9.17, 15) is 4.79 Å². The van der Waals surface area contributed by atoms with Gasteiger partial charge in [0.25, 0.3) is 0 Å². The molecule has 0 aromatic carbocycles. The monoisotopic (exact) mass is 195 g/mol. The van der Waals surface area contributed by atoms with E-state index >= 15 is 0 Å². The Morgan fingerprint density at radius 2 is 1.79 bits per heavy atom. The van der Waals surface area contributed by atoms with Gasteiger partial charge in [-0.1, -0.05) is 6.92 Å². The standard InChI is InChI=1S/C11H17NO2/c1-10(2-3-10)9(13)12-6-4-11(5-7-12)8-14-11/h2-8H2,1H3. The third-order valence-corrected chi connectivity index (χ3v) is 4.03. The first kappa shape index (κ1) is 8.72. The van der Waals surface area contributed by atoms with Crippen molar-refractivity contribution < 1.29 is 9.53 Å². The maximum Gasteiger partial charge on any atom is 0.228 e. The van der Waals surface area contributed by atoms with Crippen LogP contribution in [0.3, 0.4) is 0 Å². The van der Waals surface area contributed by atoms with E-state index in [4.69, 9.17) is 4.74 Å². The first-order chi connectivity index (χ1) is 6.64. The normalized spacial score (nSPS) is 31.6. The van der Waals surface area contributed by atoms with Crippen LogP contribution in [-0.2, 0) is 9.53 Å². The molecule has 0 unspecified atom stereocenters. The van der Waals surface area contributed by atoms with Crippen molar-refractivity contribution in [2.75, 3.05) is 19.7 Å². The summed E-state index contributed by atoms with van der Waals surface area (Å²) < 4.78 is 5.43. The summed E-state index contributed by atoms with van der Waals surface area (Å²) in [4.78, 5) is 14.0. The molecule has 2 heterocycles. The number of epoxide rings is 1. The molecule has 2 saturated heterocycles. The Labute approximate surface area is 84.4 Å². The van der Waals surface area contributed by atoms with Crippen LogP contribution in [0.2, 0.25) is 0 Å². The van der Waals surface area contributed by atoms with Crippen LogP contribution in [0.4, 0.5) is 0 Å². The Bertz CT molecular complexity index is 269. The Balaban J connectivity index is 1.61. The van der Waals surface area contributed by atoms with Gasteiger partial charge < -0.3 is 9.64 Å². The van der Waals surface area contributed by atoms with Gasteiger partial charge in [-0.25, -0.2) is 0 Å². The SMILES string of the molecule is CC1(C(=O)N2CCC3(CC2)CO3)CC1. The molecular formula is C11H17NO2. The van der Waals surface area contributed by atoms with Crippen LogP contribution in [0.1, 0.15) is 32.6 Å². The van der Waals surface area contributed by atoms with Crippen molar-refractivity contribution in [2.24, 2.45) is 5.41 Å². The highest BCUT2D eigenvalue weighted by atomic mass is 16.6. The number of carbonyl (C=O) groups is 1. The van der Waals surface area contributed by atoms with Crippen molar-refractivity contribution in [3.8, 4) is 0 Å². The minimum absolute atomic E-state index is 0.00884. The smallest absolute Gasteiger partial charge is 0.228 e. The largest absolute Gasteiger partial charge is 0.369 e. The first-order valence-electron chi connectivity index (χ1n) is 5.57. The summed E-state index contributed by atoms with van der Waals surface area (Å²) in [5.74, 6) is 0.382. The Kier molecular flexibility index (Phi) is 1.56. The fourth-order valence-electron chi connectivity index (χ4n) is 2.29. The molecule has 0 radical (unpaired) electrons. The number of nitrogens with zero attached hydrogens (tertiary/aromatic N) is 1. The fourth-order valence-corrected chi connectivity index (χ4v) is 2.29. The lowest BCUT2D eigenvalue weighted by Crippen LogP contribution is -2.44. The molecule has 1 saturated carbocycles. The quantitative estimate of drug-likeness (QED) is 0.588. The van der Waals surface area contributed by atoms with Gasteiger partial charge in [0.1, 0.15) is 0 Å². The summed E-state index contributed by atoms with van der Waals surface area (Å²) in [6.07, 6.45) is 4.28. The number of carbonyl (C=O) groups excluding carboxylic acids is 1. The minimum atomic E-state index is 0.00884. The molecule has 0 aromatic heterocycles. The van der Waals surface area contributed by atoms with Gasteiger partial charge in [-0.3, -0.25) is 4.79 Å². The van der Waals surface area contributed by atoms with E-state index in [1.807, 2.05) is 4.90 Å². The number of piperidine rings is 1. The second-order valence-electron chi connectivity index (χ2n) is 5.32. The summed E-state index contributed by atoms with van der Waals surface area (Å²) in [5.41, 5.74) is 0.205. The molecule has 0 N–H and O–H groups in total. The van der Waals surface area contributed by atoms with Gasteiger partial charge >= 0.3 is 0 Å². The van der Waals surface area contributed by atoms with Gasteiger partial charge in [-0.15, -0.1) is 0 Å². The highest BCUT2D eigenvalue weighted by Crippen LogP contribution is 2.47. The average molecular weight is 195 g/mol. The van der Waals surface area contributed by atoms with E-state index in [1.54, 1.807) is 0 Å². The highest BCUT2D eigenvalue weighted by Gasteiger charge is 2.51. The Hall–Kier alpha value is -0.570. The number of amides is 1. The zero-order valence-electron chi connectivity index (χ0n) is 8.71. The van der Waals surface area contributed by atoms with Crippen LogP contribution >= 0.6 is 0 Å². The van der Waals surface area contributed by atoms with Crippen LogP contribution in [-0.4, -0.2) is 36.1 Å². The third-order valence-electron chi connectivity index (χ3n) is 4.03. The van der Waals surface area contributed by atoms with E-state index < -0.39 is 0 Å². The van der Waals surface area contributed by atoms with E-state index in [0.29, 0.717) is 5.91 Å². The predicted molar refractivity (Wildman–Crippen MR) is 51.8 cm³/mol. The van der Waals surface area contributed by atoms with Gasteiger partial charge in [0.2, 0.25) is 5.91 Å². The number of likely N-dealkylation sites (tertiary alicyclic amines) is 1. The lowest BCUT2D eigenvalue weighted by molar-refractivity contribution is -0.137. The molecule has 0 bridgehead atoms. The second-order valence-corrected chi connectivity index (χ2v) is 5.32. The molecular weight excluding hydrogens is 178 g/mol. The zero-order valence-corrected chi connectivity index (χ0v) is 8.71. The second kappa shape index (κ2) is 2.51. The van der Waals surface area contributed by atoms with Gasteiger partial charge in [-0.2, -0.15) is 0 Å². The zero-order chi connectivity index (χ0) is 9.81. The molecule has 1 amide bonds. The molecule has 0 atom stereocenters. The van der Waals surface area contributed by atoms with Crippen molar-refractivity contribution in [1.29, 1.82) is 0 Å². The van der Waals surface area contributed by atoms with Gasteiger partial charge in [0.05, 0.1) is 12.2 Å². The van der Waals surface area contributed by atoms with Crippen molar-refractivity contribution >= 4 is 5.91 Å². The molecule has 3 rings (SSSR count). The number of hydrogen-bond acceptors (Lipinski definition) is 2. The molecule has 1 spiro atoms.